The summed E-state index contributed by atoms with van der Waals surface area (Å²) in [7, 11) is 0. The van der Waals surface area contributed by atoms with Gasteiger partial charge in [-0.25, -0.2) is 4.79 Å². The second-order valence-electron chi connectivity index (χ2n) is 4.81. The Morgan fingerprint density at radius 2 is 2.00 bits per heavy atom. The lowest BCUT2D eigenvalue weighted by Gasteiger charge is -2.11. The molecule has 0 radical (unpaired) electrons. The van der Waals surface area contributed by atoms with Crippen LogP contribution in [0.3, 0.4) is 0 Å². The van der Waals surface area contributed by atoms with Gasteiger partial charge in [-0.1, -0.05) is 0 Å². The van der Waals surface area contributed by atoms with E-state index in [1.165, 1.54) is 6.07 Å². The lowest BCUT2D eigenvalue weighted by molar-refractivity contribution is -0.138. The summed E-state index contributed by atoms with van der Waals surface area (Å²) in [4.78, 5) is 35.4. The molecule has 2 rings (SSSR count). The molecule has 0 saturated heterocycles. The van der Waals surface area contributed by atoms with Crippen molar-refractivity contribution in [3.8, 4) is 0 Å². The van der Waals surface area contributed by atoms with Crippen molar-refractivity contribution in [3.05, 3.63) is 51.3 Å². The zero-order chi connectivity index (χ0) is 18.6. The van der Waals surface area contributed by atoms with Crippen LogP contribution in [0.1, 0.15) is 22.8 Å². The molecule has 0 aliphatic heterocycles. The molecule has 0 bridgehead atoms. The Hall–Kier alpha value is -2.62. The number of carbonyl (C=O) groups excluding carboxylic acids is 2. The number of halogens is 3. The fraction of sp³-hybridized carbons (Fsp3) is 0.267. The van der Waals surface area contributed by atoms with Gasteiger partial charge in [0.15, 0.2) is 0 Å². The summed E-state index contributed by atoms with van der Waals surface area (Å²) in [6.07, 6.45) is -4.06. The van der Waals surface area contributed by atoms with E-state index in [1.807, 2.05) is 0 Å². The number of ether oxygens (including phenoxy) is 1. The van der Waals surface area contributed by atoms with Crippen LogP contribution >= 0.6 is 11.3 Å². The molecule has 0 spiro atoms. The third-order valence-electron chi connectivity index (χ3n) is 3.04. The van der Waals surface area contributed by atoms with Gasteiger partial charge >= 0.3 is 12.1 Å². The highest BCUT2D eigenvalue weighted by Crippen LogP contribution is 2.28. The predicted octanol–water partition coefficient (Wildman–Crippen LogP) is 2.74. The first-order valence-corrected chi connectivity index (χ1v) is 7.92. The smallest absolute Gasteiger partial charge is 0.417 e. The Bertz CT molecular complexity index is 842. The molecule has 134 valence electrons. The van der Waals surface area contributed by atoms with E-state index in [9.17, 15) is 27.6 Å². The standard InChI is InChI=1S/C15H13F3N2O4S/c1-2-24-14(23)10-5-6-25-13(10)19-11(21)8-20-7-9(15(16,17)18)3-4-12(20)22/h3-7H,2,8H2,1H3,(H,19,21). The van der Waals surface area contributed by atoms with Crippen LogP contribution in [0.2, 0.25) is 0 Å². The first kappa shape index (κ1) is 18.7. The number of hydrogen-bond acceptors (Lipinski definition) is 5. The quantitative estimate of drug-likeness (QED) is 0.817. The monoisotopic (exact) mass is 374 g/mol. The van der Waals surface area contributed by atoms with Gasteiger partial charge in [0.25, 0.3) is 5.56 Å². The number of aromatic nitrogens is 1. The summed E-state index contributed by atoms with van der Waals surface area (Å²) in [6.45, 7) is 1.16. The van der Waals surface area contributed by atoms with Gasteiger partial charge in [-0.15, -0.1) is 11.3 Å². The van der Waals surface area contributed by atoms with Crippen LogP contribution in [0, 0.1) is 0 Å². The van der Waals surface area contributed by atoms with Gasteiger partial charge in [0.05, 0.1) is 17.7 Å². The summed E-state index contributed by atoms with van der Waals surface area (Å²) >= 11 is 1.05. The molecule has 25 heavy (non-hydrogen) atoms. The molecule has 0 aliphatic carbocycles. The van der Waals surface area contributed by atoms with Crippen LogP contribution in [0.5, 0.6) is 0 Å². The number of esters is 1. The third-order valence-corrected chi connectivity index (χ3v) is 3.87. The van der Waals surface area contributed by atoms with Crippen molar-refractivity contribution in [2.24, 2.45) is 0 Å². The average molecular weight is 374 g/mol. The Kier molecular flexibility index (Phi) is 5.62. The molecule has 0 unspecified atom stereocenters. The summed E-state index contributed by atoms with van der Waals surface area (Å²) in [6, 6.07) is 2.84. The summed E-state index contributed by atoms with van der Waals surface area (Å²) in [5.41, 5.74) is -1.65. The number of thiophene rings is 1. The Morgan fingerprint density at radius 3 is 2.64 bits per heavy atom. The number of carbonyl (C=O) groups is 2. The topological polar surface area (TPSA) is 77.4 Å². The molecule has 0 aromatic carbocycles. The van der Waals surface area contributed by atoms with Crippen LogP contribution in [-0.4, -0.2) is 23.1 Å². The van der Waals surface area contributed by atoms with Crippen molar-refractivity contribution in [3.63, 3.8) is 0 Å². The lowest BCUT2D eigenvalue weighted by atomic mass is 10.2. The van der Waals surface area contributed by atoms with Crippen LogP contribution in [0.25, 0.3) is 0 Å². The molecule has 0 fully saturated rings. The van der Waals surface area contributed by atoms with Gasteiger partial charge < -0.3 is 14.6 Å². The molecule has 0 aliphatic rings. The average Bonchev–Trinajstić information content (AvgIpc) is 2.96. The van der Waals surface area contributed by atoms with Crippen molar-refractivity contribution >= 4 is 28.2 Å². The highest BCUT2D eigenvalue weighted by atomic mass is 32.1. The molecule has 2 aromatic rings. The number of pyridine rings is 1. The van der Waals surface area contributed by atoms with Crippen molar-refractivity contribution in [1.29, 1.82) is 0 Å². The minimum atomic E-state index is -4.63. The molecule has 0 atom stereocenters. The minimum Gasteiger partial charge on any atom is -0.462 e. The molecular formula is C15H13F3N2O4S. The first-order valence-electron chi connectivity index (χ1n) is 7.04. The molecule has 2 heterocycles. The van der Waals surface area contributed by atoms with Crippen molar-refractivity contribution in [2.75, 3.05) is 11.9 Å². The fourth-order valence-corrected chi connectivity index (χ4v) is 2.71. The predicted molar refractivity (Wildman–Crippen MR) is 84.6 cm³/mol. The van der Waals surface area contributed by atoms with Crippen molar-refractivity contribution < 1.29 is 27.5 Å². The van der Waals surface area contributed by atoms with E-state index in [0.717, 1.165) is 17.4 Å². The molecule has 10 heteroatoms. The van der Waals surface area contributed by atoms with Crippen molar-refractivity contribution in [1.82, 2.24) is 4.57 Å². The van der Waals surface area contributed by atoms with Crippen LogP contribution in [0.15, 0.2) is 34.6 Å². The van der Waals surface area contributed by atoms with E-state index in [2.05, 4.69) is 5.32 Å². The molecule has 0 saturated carbocycles. The van der Waals surface area contributed by atoms with E-state index in [4.69, 9.17) is 4.74 Å². The summed E-state index contributed by atoms with van der Waals surface area (Å²) < 4.78 is 43.6. The SMILES string of the molecule is CCOC(=O)c1ccsc1NC(=O)Cn1cc(C(F)(F)F)ccc1=O. The van der Waals surface area contributed by atoms with Gasteiger partial charge in [0.2, 0.25) is 5.91 Å². The third kappa shape index (κ3) is 4.69. The van der Waals surface area contributed by atoms with Crippen molar-refractivity contribution in [2.45, 2.75) is 19.6 Å². The van der Waals surface area contributed by atoms with E-state index in [0.29, 0.717) is 16.8 Å². The largest absolute Gasteiger partial charge is 0.462 e. The number of nitrogens with zero attached hydrogens (tertiary/aromatic N) is 1. The second kappa shape index (κ2) is 7.51. The van der Waals surface area contributed by atoms with E-state index in [1.54, 1.807) is 12.3 Å². The number of amides is 1. The number of nitrogens with one attached hydrogen (secondary N) is 1. The van der Waals surface area contributed by atoms with Crippen LogP contribution in [-0.2, 0) is 22.3 Å². The maximum Gasteiger partial charge on any atom is 0.417 e. The number of alkyl halides is 3. The minimum absolute atomic E-state index is 0.136. The maximum absolute atomic E-state index is 12.7. The Balaban J connectivity index is 2.15. The Morgan fingerprint density at radius 1 is 1.28 bits per heavy atom. The number of hydrogen-bond donors (Lipinski definition) is 1. The first-order chi connectivity index (χ1) is 11.7. The van der Waals surface area contributed by atoms with Gasteiger partial charge in [0.1, 0.15) is 11.5 Å². The normalized spacial score (nSPS) is 11.2. The highest BCUT2D eigenvalue weighted by molar-refractivity contribution is 7.14. The number of anilines is 1. The van der Waals surface area contributed by atoms with Crippen LogP contribution < -0.4 is 10.9 Å². The van der Waals surface area contributed by atoms with E-state index in [-0.39, 0.29) is 17.2 Å². The summed E-state index contributed by atoms with van der Waals surface area (Å²) in [5.74, 6) is -1.37. The van der Waals surface area contributed by atoms with E-state index < -0.39 is 35.7 Å². The maximum atomic E-state index is 12.7. The summed E-state index contributed by atoms with van der Waals surface area (Å²) in [5, 5.41) is 4.15. The van der Waals surface area contributed by atoms with Gasteiger partial charge in [-0.3, -0.25) is 9.59 Å². The molecule has 2 aromatic heterocycles. The van der Waals surface area contributed by atoms with Gasteiger partial charge in [-0.2, -0.15) is 13.2 Å². The fourth-order valence-electron chi connectivity index (χ4n) is 1.92. The second-order valence-corrected chi connectivity index (χ2v) is 5.73. The lowest BCUT2D eigenvalue weighted by Crippen LogP contribution is -2.28. The zero-order valence-corrected chi connectivity index (χ0v) is 13.7. The molecular weight excluding hydrogens is 361 g/mol. The molecule has 1 amide bonds. The Labute approximate surface area is 143 Å². The number of rotatable bonds is 5. The van der Waals surface area contributed by atoms with Crippen LogP contribution in [0.4, 0.5) is 18.2 Å². The van der Waals surface area contributed by atoms with Gasteiger partial charge in [-0.05, 0) is 24.4 Å². The zero-order valence-electron chi connectivity index (χ0n) is 12.9. The highest BCUT2D eigenvalue weighted by Gasteiger charge is 2.31. The molecule has 1 N–H and O–H groups in total. The molecule has 6 nitrogen and oxygen atoms in total. The van der Waals surface area contributed by atoms with E-state index >= 15 is 0 Å². The van der Waals surface area contributed by atoms with Gasteiger partial charge in [0, 0.05) is 12.3 Å².